The molecule has 1 amide bonds. The second-order valence-corrected chi connectivity index (χ2v) is 5.46. The molecule has 2 N–H and O–H groups in total. The van der Waals surface area contributed by atoms with Crippen LogP contribution in [0.15, 0.2) is 36.7 Å². The molecule has 3 rings (SSSR count). The summed E-state index contributed by atoms with van der Waals surface area (Å²) >= 11 is 0. The number of likely N-dealkylation sites (N-methyl/N-ethyl adjacent to an activating group) is 1. The molecule has 1 aliphatic carbocycles. The molecule has 0 bridgehead atoms. The molecule has 1 heterocycles. The summed E-state index contributed by atoms with van der Waals surface area (Å²) in [6.45, 7) is 3.09. The maximum Gasteiger partial charge on any atom is 0.244 e. The van der Waals surface area contributed by atoms with E-state index in [4.69, 9.17) is 5.73 Å². The highest BCUT2D eigenvalue weighted by Gasteiger charge is 2.31. The minimum absolute atomic E-state index is 0.141. The SMILES string of the molecule is CCN(C(=O)Cn1cc(-c2cccc(N)c2)cn1)C1CC1. The van der Waals surface area contributed by atoms with Crippen LogP contribution in [0.5, 0.6) is 0 Å². The number of carbonyl (C=O) groups excluding carboxylic acids is 1. The first kappa shape index (κ1) is 13.7. The van der Waals surface area contributed by atoms with Gasteiger partial charge in [0.05, 0.1) is 6.20 Å². The third-order valence-corrected chi connectivity index (χ3v) is 3.80. The number of hydrogen-bond donors (Lipinski definition) is 1. The Labute approximate surface area is 124 Å². The van der Waals surface area contributed by atoms with Crippen LogP contribution >= 0.6 is 0 Å². The summed E-state index contributed by atoms with van der Waals surface area (Å²) in [5.74, 6) is 0.141. The lowest BCUT2D eigenvalue weighted by Gasteiger charge is -2.20. The van der Waals surface area contributed by atoms with Crippen LogP contribution < -0.4 is 5.73 Å². The summed E-state index contributed by atoms with van der Waals surface area (Å²) in [5, 5.41) is 4.29. The Kier molecular flexibility index (Phi) is 3.64. The first-order valence-corrected chi connectivity index (χ1v) is 7.35. The van der Waals surface area contributed by atoms with E-state index < -0.39 is 0 Å². The minimum Gasteiger partial charge on any atom is -0.399 e. The van der Waals surface area contributed by atoms with Crippen LogP contribution in [0, 0.1) is 0 Å². The molecule has 1 aromatic carbocycles. The first-order chi connectivity index (χ1) is 10.2. The molecule has 110 valence electrons. The smallest absolute Gasteiger partial charge is 0.244 e. The van der Waals surface area contributed by atoms with Crippen molar-refractivity contribution in [2.45, 2.75) is 32.4 Å². The monoisotopic (exact) mass is 284 g/mol. The molecule has 0 spiro atoms. The zero-order chi connectivity index (χ0) is 14.8. The van der Waals surface area contributed by atoms with Crippen LogP contribution in [0.2, 0.25) is 0 Å². The zero-order valence-corrected chi connectivity index (χ0v) is 12.2. The second kappa shape index (κ2) is 5.60. The number of amides is 1. The van der Waals surface area contributed by atoms with E-state index in [2.05, 4.69) is 5.10 Å². The Bertz CT molecular complexity index is 645. The maximum atomic E-state index is 12.3. The van der Waals surface area contributed by atoms with Gasteiger partial charge < -0.3 is 10.6 Å². The van der Waals surface area contributed by atoms with E-state index in [1.165, 1.54) is 0 Å². The van der Waals surface area contributed by atoms with Crippen LogP contribution in [0.4, 0.5) is 5.69 Å². The molecular weight excluding hydrogens is 264 g/mol. The highest BCUT2D eigenvalue weighted by atomic mass is 16.2. The zero-order valence-electron chi connectivity index (χ0n) is 12.2. The Morgan fingerprint density at radius 3 is 2.90 bits per heavy atom. The van der Waals surface area contributed by atoms with Gasteiger partial charge in [-0.25, -0.2) is 0 Å². The third kappa shape index (κ3) is 3.07. The molecule has 0 atom stereocenters. The highest BCUT2D eigenvalue weighted by Crippen LogP contribution is 2.27. The lowest BCUT2D eigenvalue weighted by Crippen LogP contribution is -2.35. The van der Waals surface area contributed by atoms with Gasteiger partial charge in [0.1, 0.15) is 6.54 Å². The van der Waals surface area contributed by atoms with Crippen LogP contribution in [-0.2, 0) is 11.3 Å². The van der Waals surface area contributed by atoms with Crippen molar-refractivity contribution in [3.8, 4) is 11.1 Å². The van der Waals surface area contributed by atoms with Crippen molar-refractivity contribution >= 4 is 11.6 Å². The van der Waals surface area contributed by atoms with Gasteiger partial charge in [-0.3, -0.25) is 9.48 Å². The predicted octanol–water partition coefficient (Wildman–Crippen LogP) is 2.14. The van der Waals surface area contributed by atoms with Crippen molar-refractivity contribution in [2.75, 3.05) is 12.3 Å². The summed E-state index contributed by atoms with van der Waals surface area (Å²) < 4.78 is 1.70. The Morgan fingerprint density at radius 2 is 2.24 bits per heavy atom. The van der Waals surface area contributed by atoms with Crippen molar-refractivity contribution in [3.63, 3.8) is 0 Å². The van der Waals surface area contributed by atoms with Gasteiger partial charge in [-0.15, -0.1) is 0 Å². The fourth-order valence-electron chi connectivity index (χ4n) is 2.57. The summed E-state index contributed by atoms with van der Waals surface area (Å²) in [6.07, 6.45) is 5.93. The van der Waals surface area contributed by atoms with Gasteiger partial charge in [-0.05, 0) is 37.5 Å². The molecule has 0 saturated heterocycles. The van der Waals surface area contributed by atoms with Crippen LogP contribution in [0.25, 0.3) is 11.1 Å². The van der Waals surface area contributed by atoms with Crippen molar-refractivity contribution < 1.29 is 4.79 Å². The van der Waals surface area contributed by atoms with Gasteiger partial charge in [0, 0.05) is 30.0 Å². The molecule has 1 fully saturated rings. The Balaban J connectivity index is 1.71. The first-order valence-electron chi connectivity index (χ1n) is 7.35. The Morgan fingerprint density at radius 1 is 1.43 bits per heavy atom. The van der Waals surface area contributed by atoms with E-state index in [1.807, 2.05) is 42.3 Å². The topological polar surface area (TPSA) is 64.2 Å². The molecule has 2 aromatic rings. The van der Waals surface area contributed by atoms with E-state index in [0.29, 0.717) is 12.6 Å². The lowest BCUT2D eigenvalue weighted by molar-refractivity contribution is -0.132. The average molecular weight is 284 g/mol. The predicted molar refractivity (Wildman–Crippen MR) is 82.5 cm³/mol. The number of nitrogen functional groups attached to an aromatic ring is 1. The molecule has 0 radical (unpaired) electrons. The number of rotatable bonds is 5. The second-order valence-electron chi connectivity index (χ2n) is 5.46. The van der Waals surface area contributed by atoms with Gasteiger partial charge in [-0.2, -0.15) is 5.10 Å². The average Bonchev–Trinajstić information content (AvgIpc) is 3.18. The van der Waals surface area contributed by atoms with Crippen LogP contribution in [-0.4, -0.2) is 33.2 Å². The highest BCUT2D eigenvalue weighted by molar-refractivity contribution is 5.77. The third-order valence-electron chi connectivity index (χ3n) is 3.80. The van der Waals surface area contributed by atoms with E-state index >= 15 is 0 Å². The van der Waals surface area contributed by atoms with Gasteiger partial charge >= 0.3 is 0 Å². The molecule has 5 heteroatoms. The molecule has 5 nitrogen and oxygen atoms in total. The standard InChI is InChI=1S/C16H20N4O/c1-2-20(15-6-7-15)16(21)11-19-10-13(9-18-19)12-4-3-5-14(17)8-12/h3-5,8-10,15H,2,6-7,11,17H2,1H3. The lowest BCUT2D eigenvalue weighted by atomic mass is 10.1. The van der Waals surface area contributed by atoms with Crippen LogP contribution in [0.3, 0.4) is 0 Å². The molecule has 1 aromatic heterocycles. The van der Waals surface area contributed by atoms with E-state index in [1.54, 1.807) is 10.9 Å². The van der Waals surface area contributed by atoms with Crippen molar-refractivity contribution in [3.05, 3.63) is 36.7 Å². The fraction of sp³-hybridized carbons (Fsp3) is 0.375. The number of nitrogens with zero attached hydrogens (tertiary/aromatic N) is 3. The van der Waals surface area contributed by atoms with E-state index in [9.17, 15) is 4.79 Å². The van der Waals surface area contributed by atoms with Gasteiger partial charge in [0.25, 0.3) is 0 Å². The number of benzene rings is 1. The minimum atomic E-state index is 0.141. The fourth-order valence-corrected chi connectivity index (χ4v) is 2.57. The van der Waals surface area contributed by atoms with Gasteiger partial charge in [0.15, 0.2) is 0 Å². The number of hydrogen-bond acceptors (Lipinski definition) is 3. The quantitative estimate of drug-likeness (QED) is 0.856. The normalized spacial score (nSPS) is 14.1. The molecule has 21 heavy (non-hydrogen) atoms. The van der Waals surface area contributed by atoms with E-state index in [0.717, 1.165) is 36.2 Å². The number of nitrogens with two attached hydrogens (primary N) is 1. The van der Waals surface area contributed by atoms with Gasteiger partial charge in [0.2, 0.25) is 5.91 Å². The molecular formula is C16H20N4O. The molecule has 1 saturated carbocycles. The van der Waals surface area contributed by atoms with Crippen molar-refractivity contribution in [1.82, 2.24) is 14.7 Å². The van der Waals surface area contributed by atoms with Crippen LogP contribution in [0.1, 0.15) is 19.8 Å². The largest absolute Gasteiger partial charge is 0.399 e. The van der Waals surface area contributed by atoms with E-state index in [-0.39, 0.29) is 5.91 Å². The number of carbonyl (C=O) groups is 1. The molecule has 0 aliphatic heterocycles. The number of aromatic nitrogens is 2. The Hall–Kier alpha value is -2.30. The molecule has 0 unspecified atom stereocenters. The maximum absolute atomic E-state index is 12.3. The van der Waals surface area contributed by atoms with Crippen molar-refractivity contribution in [2.24, 2.45) is 0 Å². The summed E-state index contributed by atoms with van der Waals surface area (Å²) in [5.41, 5.74) is 8.51. The number of anilines is 1. The summed E-state index contributed by atoms with van der Waals surface area (Å²) in [4.78, 5) is 14.2. The van der Waals surface area contributed by atoms with Gasteiger partial charge in [-0.1, -0.05) is 12.1 Å². The summed E-state index contributed by atoms with van der Waals surface area (Å²) in [7, 11) is 0. The summed E-state index contributed by atoms with van der Waals surface area (Å²) in [6, 6.07) is 8.12. The van der Waals surface area contributed by atoms with Crippen molar-refractivity contribution in [1.29, 1.82) is 0 Å². The molecule has 1 aliphatic rings.